The Morgan fingerprint density at radius 2 is 1.75 bits per heavy atom. The normalized spacial score (nSPS) is 15.2. The maximum Gasteiger partial charge on any atom is 0.229 e. The molecule has 0 amide bonds. The molecule has 6 nitrogen and oxygen atoms in total. The summed E-state index contributed by atoms with van der Waals surface area (Å²) < 4.78 is 1.80. The van der Waals surface area contributed by atoms with Crippen molar-refractivity contribution in [3.8, 4) is 5.95 Å². The number of carbonyl (C=O) groups excluding carboxylic acids is 1. The Balaban J connectivity index is 1.50. The van der Waals surface area contributed by atoms with Crippen molar-refractivity contribution in [3.63, 3.8) is 0 Å². The molecule has 0 atom stereocenters. The molecule has 5 aromatic rings. The monoisotopic (exact) mass is 421 g/mol. The van der Waals surface area contributed by atoms with Gasteiger partial charge >= 0.3 is 0 Å². The van der Waals surface area contributed by atoms with Crippen LogP contribution in [0.1, 0.15) is 36.3 Å². The molecule has 1 aliphatic carbocycles. The highest BCUT2D eigenvalue weighted by Gasteiger charge is 2.37. The SMILES string of the molecule is CC1(C)CC(=O)c2c(Nc3ccc4ccccc4c3)nn(-c3nc4ccccc4[nH]3)c2C1. The lowest BCUT2D eigenvalue weighted by Gasteiger charge is -2.28. The van der Waals surface area contributed by atoms with Crippen LogP contribution in [0.2, 0.25) is 0 Å². The van der Waals surface area contributed by atoms with E-state index in [1.807, 2.05) is 42.5 Å². The highest BCUT2D eigenvalue weighted by Crippen LogP contribution is 2.39. The smallest absolute Gasteiger partial charge is 0.229 e. The summed E-state index contributed by atoms with van der Waals surface area (Å²) in [5.74, 6) is 1.32. The van der Waals surface area contributed by atoms with Crippen molar-refractivity contribution >= 4 is 39.1 Å². The van der Waals surface area contributed by atoms with Crippen LogP contribution in [0.3, 0.4) is 0 Å². The molecule has 6 heteroatoms. The number of aromatic amines is 1. The van der Waals surface area contributed by atoms with E-state index in [-0.39, 0.29) is 11.2 Å². The van der Waals surface area contributed by atoms with Crippen molar-refractivity contribution in [1.82, 2.24) is 19.7 Å². The van der Waals surface area contributed by atoms with Crippen LogP contribution in [0.25, 0.3) is 27.8 Å². The molecule has 0 spiro atoms. The number of hydrogen-bond acceptors (Lipinski definition) is 4. The fraction of sp³-hybridized carbons (Fsp3) is 0.192. The molecule has 0 saturated carbocycles. The van der Waals surface area contributed by atoms with E-state index in [1.54, 1.807) is 4.68 Å². The Hall–Kier alpha value is -3.93. The van der Waals surface area contributed by atoms with Gasteiger partial charge in [0.05, 0.1) is 22.3 Å². The van der Waals surface area contributed by atoms with Crippen molar-refractivity contribution < 1.29 is 4.79 Å². The largest absolute Gasteiger partial charge is 0.338 e. The van der Waals surface area contributed by atoms with Crippen molar-refractivity contribution in [2.75, 3.05) is 5.32 Å². The van der Waals surface area contributed by atoms with Gasteiger partial charge in [0.15, 0.2) is 11.6 Å². The van der Waals surface area contributed by atoms with Gasteiger partial charge in [0, 0.05) is 12.1 Å². The molecule has 2 N–H and O–H groups in total. The van der Waals surface area contributed by atoms with Gasteiger partial charge in [-0.2, -0.15) is 0 Å². The number of para-hydroxylation sites is 2. The predicted octanol–water partition coefficient (Wildman–Crippen LogP) is 5.80. The minimum absolute atomic E-state index is 0.113. The first kappa shape index (κ1) is 18.8. The van der Waals surface area contributed by atoms with Gasteiger partial charge in [0.25, 0.3) is 0 Å². The number of rotatable bonds is 3. The summed E-state index contributed by atoms with van der Waals surface area (Å²) >= 11 is 0. The van der Waals surface area contributed by atoms with Gasteiger partial charge in [-0.1, -0.05) is 56.3 Å². The summed E-state index contributed by atoms with van der Waals surface area (Å²) in [6, 6.07) is 22.3. The molecule has 0 radical (unpaired) electrons. The molecule has 3 aromatic carbocycles. The number of fused-ring (bicyclic) bond motifs is 3. The first-order valence-corrected chi connectivity index (χ1v) is 10.8. The zero-order valence-electron chi connectivity index (χ0n) is 18.0. The molecule has 0 fully saturated rings. The van der Waals surface area contributed by atoms with Gasteiger partial charge in [0.2, 0.25) is 5.95 Å². The molecule has 0 unspecified atom stereocenters. The molecular weight excluding hydrogens is 398 g/mol. The van der Waals surface area contributed by atoms with E-state index < -0.39 is 0 Å². The second-order valence-corrected chi connectivity index (χ2v) is 9.29. The third-order valence-electron chi connectivity index (χ3n) is 6.13. The minimum atomic E-state index is -0.131. The highest BCUT2D eigenvalue weighted by molar-refractivity contribution is 6.04. The Kier molecular flexibility index (Phi) is 3.99. The number of carbonyl (C=O) groups is 1. The lowest BCUT2D eigenvalue weighted by atomic mass is 9.76. The van der Waals surface area contributed by atoms with Crippen LogP contribution in [0.5, 0.6) is 0 Å². The number of Topliss-reactive ketones (excluding diaryl/α,β-unsaturated/α-hetero) is 1. The number of H-pyrrole nitrogens is 1. The highest BCUT2D eigenvalue weighted by atomic mass is 16.1. The molecule has 2 heterocycles. The van der Waals surface area contributed by atoms with E-state index in [9.17, 15) is 4.79 Å². The average Bonchev–Trinajstić information content (AvgIpc) is 3.34. The van der Waals surface area contributed by atoms with Crippen LogP contribution in [-0.4, -0.2) is 25.5 Å². The summed E-state index contributed by atoms with van der Waals surface area (Å²) in [6.45, 7) is 4.25. The number of nitrogens with one attached hydrogen (secondary N) is 2. The van der Waals surface area contributed by atoms with Crippen molar-refractivity contribution in [1.29, 1.82) is 0 Å². The number of imidazole rings is 1. The summed E-state index contributed by atoms with van der Waals surface area (Å²) in [5, 5.41) is 10.6. The van der Waals surface area contributed by atoms with Crippen molar-refractivity contribution in [3.05, 3.63) is 78.0 Å². The number of nitrogens with zero attached hydrogens (tertiary/aromatic N) is 3. The van der Waals surface area contributed by atoms with Crippen LogP contribution in [0.15, 0.2) is 66.7 Å². The van der Waals surface area contributed by atoms with E-state index in [4.69, 9.17) is 10.1 Å². The number of benzene rings is 3. The number of ketones is 1. The van der Waals surface area contributed by atoms with E-state index in [1.165, 1.54) is 5.39 Å². The molecule has 2 aromatic heterocycles. The Bertz CT molecular complexity index is 1470. The fourth-order valence-corrected chi connectivity index (χ4v) is 4.65. The quantitative estimate of drug-likeness (QED) is 0.386. The topological polar surface area (TPSA) is 75.6 Å². The van der Waals surface area contributed by atoms with Crippen LogP contribution in [0, 0.1) is 5.41 Å². The molecule has 158 valence electrons. The van der Waals surface area contributed by atoms with E-state index >= 15 is 0 Å². The molecule has 6 rings (SSSR count). The van der Waals surface area contributed by atoms with E-state index in [2.05, 4.69) is 48.4 Å². The second kappa shape index (κ2) is 6.79. The minimum Gasteiger partial charge on any atom is -0.338 e. The van der Waals surface area contributed by atoms with Crippen molar-refractivity contribution in [2.24, 2.45) is 5.41 Å². The maximum atomic E-state index is 13.2. The maximum absolute atomic E-state index is 13.2. The zero-order chi connectivity index (χ0) is 21.9. The van der Waals surface area contributed by atoms with Crippen LogP contribution < -0.4 is 5.32 Å². The van der Waals surface area contributed by atoms with Crippen LogP contribution >= 0.6 is 0 Å². The molecular formula is C26H23N5O. The predicted molar refractivity (Wildman–Crippen MR) is 127 cm³/mol. The second-order valence-electron chi connectivity index (χ2n) is 9.29. The molecule has 0 bridgehead atoms. The van der Waals surface area contributed by atoms with Gasteiger partial charge < -0.3 is 10.3 Å². The van der Waals surface area contributed by atoms with Gasteiger partial charge in [-0.05, 0) is 46.9 Å². The van der Waals surface area contributed by atoms with Gasteiger partial charge in [0.1, 0.15) is 0 Å². The standard InChI is InChI=1S/C26H23N5O/c1-26(2)14-21-23(22(32)15-26)24(27-18-12-11-16-7-3-4-8-17(16)13-18)30-31(21)25-28-19-9-5-6-10-20(19)29-25/h3-13H,14-15H2,1-2H3,(H,27,30)(H,28,29). The first-order valence-electron chi connectivity index (χ1n) is 10.8. The lowest BCUT2D eigenvalue weighted by molar-refractivity contribution is 0.0911. The molecule has 0 saturated heterocycles. The Morgan fingerprint density at radius 3 is 2.59 bits per heavy atom. The third-order valence-corrected chi connectivity index (χ3v) is 6.13. The first-order chi connectivity index (χ1) is 15.5. The summed E-state index contributed by atoms with van der Waals surface area (Å²) in [5.41, 5.74) is 4.15. The molecule has 0 aliphatic heterocycles. The van der Waals surface area contributed by atoms with E-state index in [0.29, 0.717) is 23.8 Å². The average molecular weight is 422 g/mol. The van der Waals surface area contributed by atoms with Gasteiger partial charge in [-0.15, -0.1) is 5.10 Å². The fourth-order valence-electron chi connectivity index (χ4n) is 4.65. The Morgan fingerprint density at radius 1 is 0.969 bits per heavy atom. The number of aromatic nitrogens is 4. The Labute approximate surface area is 185 Å². The van der Waals surface area contributed by atoms with Gasteiger partial charge in [-0.25, -0.2) is 9.67 Å². The van der Waals surface area contributed by atoms with Crippen LogP contribution in [-0.2, 0) is 6.42 Å². The van der Waals surface area contributed by atoms with Crippen LogP contribution in [0.4, 0.5) is 11.5 Å². The summed E-state index contributed by atoms with van der Waals surface area (Å²) in [7, 11) is 0. The molecule has 32 heavy (non-hydrogen) atoms. The molecule has 1 aliphatic rings. The number of hydrogen-bond donors (Lipinski definition) is 2. The zero-order valence-corrected chi connectivity index (χ0v) is 18.0. The summed E-state index contributed by atoms with van der Waals surface area (Å²) in [4.78, 5) is 21.3. The number of anilines is 2. The van der Waals surface area contributed by atoms with E-state index in [0.717, 1.165) is 34.2 Å². The van der Waals surface area contributed by atoms with Crippen molar-refractivity contribution in [2.45, 2.75) is 26.7 Å². The summed E-state index contributed by atoms with van der Waals surface area (Å²) in [6.07, 6.45) is 1.25. The third kappa shape index (κ3) is 3.07. The van der Waals surface area contributed by atoms with Gasteiger partial charge in [-0.3, -0.25) is 4.79 Å². The lowest BCUT2D eigenvalue weighted by Crippen LogP contribution is -2.28.